The summed E-state index contributed by atoms with van der Waals surface area (Å²) in [6.45, 7) is 3.23. The summed E-state index contributed by atoms with van der Waals surface area (Å²) in [5.41, 5.74) is 0.00183. The topological polar surface area (TPSA) is 50.2 Å². The molecule has 0 radical (unpaired) electrons. The van der Waals surface area contributed by atoms with Crippen LogP contribution < -0.4 is 5.32 Å². The molecule has 1 amide bonds. The summed E-state index contributed by atoms with van der Waals surface area (Å²) in [4.78, 5) is 15.1. The Bertz CT molecular complexity index is 1070. The molecule has 1 aliphatic heterocycles. The molecule has 1 saturated heterocycles. The van der Waals surface area contributed by atoms with Gasteiger partial charge in [-0.15, -0.1) is 0 Å². The molecule has 0 bridgehead atoms. The molecule has 1 aliphatic rings. The lowest BCUT2D eigenvalue weighted by molar-refractivity contribution is -0.143. The Hall–Kier alpha value is -2.84. The fraction of sp³-hybridized carbons (Fsp3) is 0.304. The van der Waals surface area contributed by atoms with E-state index in [2.05, 4.69) is 15.3 Å². The van der Waals surface area contributed by atoms with Gasteiger partial charge in [-0.05, 0) is 74.3 Å². The van der Waals surface area contributed by atoms with Gasteiger partial charge in [0.25, 0.3) is 5.91 Å². The summed E-state index contributed by atoms with van der Waals surface area (Å²) in [6, 6.07) is 12.9. The van der Waals surface area contributed by atoms with E-state index in [4.69, 9.17) is 11.6 Å². The number of aromatic nitrogens is 2. The van der Waals surface area contributed by atoms with Gasteiger partial charge in [-0.1, -0.05) is 23.7 Å². The molecule has 32 heavy (non-hydrogen) atoms. The van der Waals surface area contributed by atoms with Crippen molar-refractivity contribution in [1.29, 1.82) is 0 Å². The van der Waals surface area contributed by atoms with Crippen molar-refractivity contribution in [1.82, 2.24) is 14.7 Å². The molecule has 4 rings (SSSR count). The van der Waals surface area contributed by atoms with E-state index >= 15 is 0 Å². The van der Waals surface area contributed by atoms with Crippen molar-refractivity contribution >= 4 is 23.2 Å². The average Bonchev–Trinajstić information content (AvgIpc) is 3.44. The molecule has 0 unspecified atom stereocenters. The maximum Gasteiger partial charge on any atom is 0.434 e. The molecule has 0 aliphatic carbocycles. The van der Waals surface area contributed by atoms with Crippen LogP contribution in [0, 0.1) is 0 Å². The van der Waals surface area contributed by atoms with Gasteiger partial charge in [0.15, 0.2) is 5.69 Å². The second-order valence-corrected chi connectivity index (χ2v) is 8.18. The van der Waals surface area contributed by atoms with Gasteiger partial charge in [0.1, 0.15) is 0 Å². The zero-order valence-corrected chi connectivity index (χ0v) is 18.0. The molecule has 1 fully saturated rings. The number of nitrogens with zero attached hydrogens (tertiary/aromatic N) is 3. The van der Waals surface area contributed by atoms with Gasteiger partial charge >= 0.3 is 6.18 Å². The first-order valence-corrected chi connectivity index (χ1v) is 10.7. The predicted octanol–water partition coefficient (Wildman–Crippen LogP) is 5.44. The third-order valence-electron chi connectivity index (χ3n) is 5.48. The second-order valence-electron chi connectivity index (χ2n) is 7.74. The van der Waals surface area contributed by atoms with Crippen molar-refractivity contribution in [2.75, 3.05) is 25.0 Å². The van der Waals surface area contributed by atoms with Crippen molar-refractivity contribution in [3.8, 4) is 5.69 Å². The van der Waals surface area contributed by atoms with E-state index in [0.717, 1.165) is 37.8 Å². The Balaban J connectivity index is 1.50. The molecule has 2 aromatic carbocycles. The normalized spacial score (nSPS) is 14.6. The number of hydrogen-bond acceptors (Lipinski definition) is 3. The van der Waals surface area contributed by atoms with Crippen LogP contribution in [0.4, 0.5) is 18.9 Å². The van der Waals surface area contributed by atoms with Crippen molar-refractivity contribution in [2.24, 2.45) is 0 Å². The number of benzene rings is 2. The third-order valence-corrected chi connectivity index (χ3v) is 5.73. The Labute approximate surface area is 188 Å². The number of likely N-dealkylation sites (tertiary alicyclic amines) is 1. The number of carbonyl (C=O) groups excluding carboxylic acids is 1. The van der Waals surface area contributed by atoms with Gasteiger partial charge < -0.3 is 10.2 Å². The van der Waals surface area contributed by atoms with Gasteiger partial charge in [-0.3, -0.25) is 4.79 Å². The number of halogens is 4. The number of nitrogens with one attached hydrogen (secondary N) is 1. The van der Waals surface area contributed by atoms with E-state index in [1.54, 1.807) is 12.1 Å². The number of hydrogen-bond donors (Lipinski definition) is 1. The number of amides is 1. The molecule has 0 spiro atoms. The zero-order valence-electron chi connectivity index (χ0n) is 17.2. The minimum atomic E-state index is -4.78. The highest BCUT2D eigenvalue weighted by molar-refractivity contribution is 6.30. The van der Waals surface area contributed by atoms with E-state index < -0.39 is 23.3 Å². The Morgan fingerprint density at radius 1 is 1.03 bits per heavy atom. The van der Waals surface area contributed by atoms with Crippen LogP contribution in [0.1, 0.15) is 34.5 Å². The molecule has 1 aromatic heterocycles. The molecular weight excluding hydrogens is 441 g/mol. The molecule has 168 valence electrons. The smallest absolute Gasteiger partial charge is 0.322 e. The third kappa shape index (κ3) is 5.14. The van der Waals surface area contributed by atoms with Crippen molar-refractivity contribution in [3.63, 3.8) is 0 Å². The number of anilines is 1. The van der Waals surface area contributed by atoms with Gasteiger partial charge in [0, 0.05) is 17.3 Å². The average molecular weight is 463 g/mol. The zero-order chi connectivity index (χ0) is 22.7. The lowest BCUT2D eigenvalue weighted by Crippen LogP contribution is -2.22. The quantitative estimate of drug-likeness (QED) is 0.531. The van der Waals surface area contributed by atoms with Gasteiger partial charge in [0.2, 0.25) is 0 Å². The maximum atomic E-state index is 13.8. The van der Waals surface area contributed by atoms with Crippen LogP contribution in [-0.2, 0) is 12.6 Å². The highest BCUT2D eigenvalue weighted by atomic mass is 35.5. The minimum Gasteiger partial charge on any atom is -0.322 e. The predicted molar refractivity (Wildman–Crippen MR) is 117 cm³/mol. The van der Waals surface area contributed by atoms with Crippen molar-refractivity contribution in [2.45, 2.75) is 25.4 Å². The lowest BCUT2D eigenvalue weighted by Gasteiger charge is -2.14. The van der Waals surface area contributed by atoms with E-state index in [-0.39, 0.29) is 5.69 Å². The maximum absolute atomic E-state index is 13.8. The van der Waals surface area contributed by atoms with Crippen molar-refractivity contribution < 1.29 is 18.0 Å². The molecular formula is C23H22ClF3N4O. The SMILES string of the molecule is O=C(Nc1ccc(CCN2CCCC2)cc1)c1cnn(-c2ccc(Cl)cc2)c1C(F)(F)F. The first-order valence-electron chi connectivity index (χ1n) is 10.3. The summed E-state index contributed by atoms with van der Waals surface area (Å²) in [6.07, 6.45) is -0.487. The van der Waals surface area contributed by atoms with E-state index in [0.29, 0.717) is 15.4 Å². The Morgan fingerprint density at radius 3 is 2.31 bits per heavy atom. The van der Waals surface area contributed by atoms with Crippen LogP contribution in [0.2, 0.25) is 5.02 Å². The van der Waals surface area contributed by atoms with Crippen LogP contribution in [0.5, 0.6) is 0 Å². The largest absolute Gasteiger partial charge is 0.434 e. The minimum absolute atomic E-state index is 0.156. The molecule has 1 N–H and O–H groups in total. The summed E-state index contributed by atoms with van der Waals surface area (Å²) in [5, 5.41) is 6.74. The van der Waals surface area contributed by atoms with Crippen molar-refractivity contribution in [3.05, 3.63) is 76.6 Å². The molecule has 0 saturated carbocycles. The highest BCUT2D eigenvalue weighted by Crippen LogP contribution is 2.34. The summed E-state index contributed by atoms with van der Waals surface area (Å²) in [7, 11) is 0. The van der Waals surface area contributed by atoms with Gasteiger partial charge in [-0.2, -0.15) is 18.3 Å². The summed E-state index contributed by atoms with van der Waals surface area (Å²) in [5.74, 6) is -0.873. The fourth-order valence-electron chi connectivity index (χ4n) is 3.81. The number of alkyl halides is 3. The monoisotopic (exact) mass is 462 g/mol. The Morgan fingerprint density at radius 2 is 1.69 bits per heavy atom. The molecule has 3 aromatic rings. The van der Waals surface area contributed by atoms with E-state index in [9.17, 15) is 18.0 Å². The fourth-order valence-corrected chi connectivity index (χ4v) is 3.94. The van der Waals surface area contributed by atoms with Crippen LogP contribution in [0.15, 0.2) is 54.7 Å². The summed E-state index contributed by atoms with van der Waals surface area (Å²) < 4.78 is 42.1. The van der Waals surface area contributed by atoms with Crippen LogP contribution in [0.3, 0.4) is 0 Å². The lowest BCUT2D eigenvalue weighted by atomic mass is 10.1. The van der Waals surface area contributed by atoms with Crippen LogP contribution >= 0.6 is 11.6 Å². The molecule has 5 nitrogen and oxygen atoms in total. The second kappa shape index (κ2) is 9.34. The van der Waals surface area contributed by atoms with E-state index in [1.165, 1.54) is 37.1 Å². The molecule has 0 atom stereocenters. The Kier molecular flexibility index (Phi) is 6.53. The molecule has 2 heterocycles. The van der Waals surface area contributed by atoms with E-state index in [1.807, 2.05) is 12.1 Å². The summed E-state index contributed by atoms with van der Waals surface area (Å²) >= 11 is 5.82. The standard InChI is InChI=1S/C23H22ClF3N4O/c24-17-5-9-19(10-6-17)31-21(23(25,26)27)20(15-28-31)22(32)29-18-7-3-16(4-8-18)11-14-30-12-1-2-13-30/h3-10,15H,1-2,11-14H2,(H,29,32). The highest BCUT2D eigenvalue weighted by Gasteiger charge is 2.40. The van der Waals surface area contributed by atoms with Gasteiger partial charge in [-0.25, -0.2) is 4.68 Å². The van der Waals surface area contributed by atoms with Crippen LogP contribution in [0.25, 0.3) is 5.69 Å². The first kappa shape index (κ1) is 22.4. The van der Waals surface area contributed by atoms with Gasteiger partial charge in [0.05, 0.1) is 17.4 Å². The van der Waals surface area contributed by atoms with Crippen LogP contribution in [-0.4, -0.2) is 40.2 Å². The number of rotatable bonds is 6. The molecule has 9 heteroatoms. The first-order chi connectivity index (χ1) is 15.3. The number of carbonyl (C=O) groups is 1.